The number of anilines is 1. The molecule has 0 saturated carbocycles. The van der Waals surface area contributed by atoms with E-state index in [0.29, 0.717) is 5.13 Å². The van der Waals surface area contributed by atoms with Crippen LogP contribution in [0, 0.1) is 6.92 Å². The first-order valence-electron chi connectivity index (χ1n) is 8.25. The molecule has 3 heterocycles. The van der Waals surface area contributed by atoms with Crippen LogP contribution < -0.4 is 5.32 Å². The Labute approximate surface area is 160 Å². The van der Waals surface area contributed by atoms with E-state index in [1.807, 2.05) is 37.3 Å². The van der Waals surface area contributed by atoms with Crippen molar-refractivity contribution in [3.63, 3.8) is 0 Å². The highest BCUT2D eigenvalue weighted by molar-refractivity contribution is 7.90. The molecule has 2 aromatic rings. The van der Waals surface area contributed by atoms with Gasteiger partial charge in [-0.15, -0.1) is 4.40 Å². The van der Waals surface area contributed by atoms with Crippen LogP contribution in [0.2, 0.25) is 0 Å². The fourth-order valence-corrected chi connectivity index (χ4v) is 4.82. The summed E-state index contributed by atoms with van der Waals surface area (Å²) in [5.74, 6) is -0.353. The predicted octanol–water partition coefficient (Wildman–Crippen LogP) is 2.55. The van der Waals surface area contributed by atoms with Gasteiger partial charge in [-0.1, -0.05) is 41.7 Å². The van der Waals surface area contributed by atoms with Crippen LogP contribution in [0.3, 0.4) is 0 Å². The molecule has 0 atom stereocenters. The Morgan fingerprint density at radius 3 is 2.81 bits per heavy atom. The van der Waals surface area contributed by atoms with Gasteiger partial charge in [0.05, 0.1) is 21.9 Å². The van der Waals surface area contributed by atoms with E-state index in [4.69, 9.17) is 0 Å². The summed E-state index contributed by atoms with van der Waals surface area (Å²) >= 11 is 1.37. The molecule has 1 amide bonds. The molecular formula is C18H16N4O3S2. The summed E-state index contributed by atoms with van der Waals surface area (Å²) in [4.78, 5) is 19.8. The number of allylic oxidation sites excluding steroid dienone is 2. The van der Waals surface area contributed by atoms with Crippen molar-refractivity contribution in [2.45, 2.75) is 6.92 Å². The lowest BCUT2D eigenvalue weighted by Gasteiger charge is -2.28. The predicted molar refractivity (Wildman–Crippen MR) is 106 cm³/mol. The van der Waals surface area contributed by atoms with Crippen molar-refractivity contribution in [2.24, 2.45) is 4.40 Å². The van der Waals surface area contributed by atoms with Crippen molar-refractivity contribution in [2.75, 3.05) is 17.6 Å². The van der Waals surface area contributed by atoms with Crippen LogP contribution in [0.5, 0.6) is 0 Å². The van der Waals surface area contributed by atoms with Gasteiger partial charge in [0.15, 0.2) is 11.0 Å². The third-order valence-corrected chi connectivity index (χ3v) is 6.43. The standard InChI is InChI=1S/C18H16N4O3S2/c1-12-15(13-6-3-2-4-7-13)26-18(19-12)20-17(23)14-8-5-9-22-10-11-27(24,25)21-16(14)22/h2-9H,10-11H2,1H3,(H,19,20,23). The van der Waals surface area contributed by atoms with Gasteiger partial charge < -0.3 is 4.90 Å². The van der Waals surface area contributed by atoms with Crippen molar-refractivity contribution >= 4 is 38.2 Å². The molecule has 0 aliphatic carbocycles. The summed E-state index contributed by atoms with van der Waals surface area (Å²) in [5, 5.41) is 3.22. The first-order valence-corrected chi connectivity index (χ1v) is 10.7. The van der Waals surface area contributed by atoms with E-state index in [0.717, 1.165) is 16.1 Å². The molecule has 4 rings (SSSR count). The Bertz CT molecular complexity index is 1100. The molecular weight excluding hydrogens is 384 g/mol. The molecule has 0 unspecified atom stereocenters. The number of hydrogen-bond donors (Lipinski definition) is 1. The van der Waals surface area contributed by atoms with Crippen LogP contribution in [-0.2, 0) is 14.8 Å². The summed E-state index contributed by atoms with van der Waals surface area (Å²) < 4.78 is 27.4. The maximum atomic E-state index is 12.7. The lowest BCUT2D eigenvalue weighted by Crippen LogP contribution is -2.40. The summed E-state index contributed by atoms with van der Waals surface area (Å²) in [6.07, 6.45) is 4.98. The Kier molecular flexibility index (Phi) is 4.40. The van der Waals surface area contributed by atoms with E-state index in [9.17, 15) is 13.2 Å². The van der Waals surface area contributed by atoms with E-state index in [1.165, 1.54) is 11.3 Å². The van der Waals surface area contributed by atoms with Crippen LogP contribution in [-0.4, -0.2) is 42.3 Å². The summed E-state index contributed by atoms with van der Waals surface area (Å²) in [6, 6.07) is 9.81. The van der Waals surface area contributed by atoms with Gasteiger partial charge in [0.2, 0.25) is 0 Å². The number of hydrogen-bond acceptors (Lipinski definition) is 6. The SMILES string of the molecule is Cc1nc(NC(=O)C2=CC=CN3CCS(=O)(=O)N=C23)sc1-c1ccccc1. The largest absolute Gasteiger partial charge is 0.331 e. The fraction of sp³-hybridized carbons (Fsp3) is 0.167. The van der Waals surface area contributed by atoms with Gasteiger partial charge in [0.1, 0.15) is 0 Å². The van der Waals surface area contributed by atoms with E-state index in [1.54, 1.807) is 23.3 Å². The monoisotopic (exact) mass is 400 g/mol. The van der Waals surface area contributed by atoms with Gasteiger partial charge in [-0.05, 0) is 24.6 Å². The van der Waals surface area contributed by atoms with Crippen molar-refractivity contribution in [1.29, 1.82) is 0 Å². The van der Waals surface area contributed by atoms with E-state index in [-0.39, 0.29) is 23.7 Å². The van der Waals surface area contributed by atoms with Crippen molar-refractivity contribution < 1.29 is 13.2 Å². The number of fused-ring (bicyclic) bond motifs is 1. The van der Waals surface area contributed by atoms with Gasteiger partial charge in [0.25, 0.3) is 15.9 Å². The van der Waals surface area contributed by atoms with E-state index < -0.39 is 15.9 Å². The zero-order valence-corrected chi connectivity index (χ0v) is 16.0. The highest BCUT2D eigenvalue weighted by atomic mass is 32.2. The molecule has 1 aromatic heterocycles. The molecule has 1 N–H and O–H groups in total. The number of rotatable bonds is 3. The minimum absolute atomic E-state index is 0.0676. The zero-order valence-electron chi connectivity index (χ0n) is 14.4. The molecule has 2 aliphatic heterocycles. The maximum Gasteiger partial charge on any atom is 0.261 e. The number of aryl methyl sites for hydroxylation is 1. The molecule has 1 aromatic carbocycles. The molecule has 7 nitrogen and oxygen atoms in total. The maximum absolute atomic E-state index is 12.7. The quantitative estimate of drug-likeness (QED) is 0.855. The smallest absolute Gasteiger partial charge is 0.261 e. The first-order chi connectivity index (χ1) is 12.9. The minimum Gasteiger partial charge on any atom is -0.331 e. The molecule has 0 fully saturated rings. The number of benzene rings is 1. The molecule has 138 valence electrons. The first kappa shape index (κ1) is 17.6. The highest BCUT2D eigenvalue weighted by Gasteiger charge is 2.30. The van der Waals surface area contributed by atoms with Crippen LogP contribution >= 0.6 is 11.3 Å². The van der Waals surface area contributed by atoms with Gasteiger partial charge in [-0.2, -0.15) is 0 Å². The molecule has 2 aliphatic rings. The van der Waals surface area contributed by atoms with Crippen LogP contribution in [0.1, 0.15) is 5.69 Å². The second kappa shape index (κ2) is 6.75. The van der Waals surface area contributed by atoms with Gasteiger partial charge in [-0.25, -0.2) is 13.4 Å². The Morgan fingerprint density at radius 1 is 1.26 bits per heavy atom. The summed E-state index contributed by atoms with van der Waals surface area (Å²) in [6.45, 7) is 2.16. The number of carbonyl (C=O) groups is 1. The summed E-state index contributed by atoms with van der Waals surface area (Å²) in [7, 11) is -3.55. The van der Waals surface area contributed by atoms with E-state index in [2.05, 4.69) is 14.7 Å². The van der Waals surface area contributed by atoms with E-state index >= 15 is 0 Å². The lowest BCUT2D eigenvalue weighted by molar-refractivity contribution is -0.112. The molecule has 0 saturated heterocycles. The van der Waals surface area contributed by atoms with Crippen molar-refractivity contribution in [3.8, 4) is 10.4 Å². The topological polar surface area (TPSA) is 91.7 Å². The molecule has 0 radical (unpaired) electrons. The normalized spacial score (nSPS) is 17.7. The average molecular weight is 400 g/mol. The van der Waals surface area contributed by atoms with Crippen molar-refractivity contribution in [1.82, 2.24) is 9.88 Å². The zero-order chi connectivity index (χ0) is 19.0. The number of sulfonamides is 1. The van der Waals surface area contributed by atoms with Crippen LogP contribution in [0.25, 0.3) is 10.4 Å². The second-order valence-electron chi connectivity index (χ2n) is 6.07. The number of thiazole rings is 1. The second-order valence-corrected chi connectivity index (χ2v) is 8.82. The Balaban J connectivity index is 1.61. The third-order valence-electron chi connectivity index (χ3n) is 4.16. The lowest BCUT2D eigenvalue weighted by atomic mass is 10.1. The number of carbonyl (C=O) groups excluding carboxylic acids is 1. The highest BCUT2D eigenvalue weighted by Crippen LogP contribution is 2.32. The minimum atomic E-state index is -3.55. The van der Waals surface area contributed by atoms with Crippen LogP contribution in [0.15, 0.2) is 58.7 Å². The van der Waals surface area contributed by atoms with Gasteiger partial charge in [-0.3, -0.25) is 10.1 Å². The molecule has 0 spiro atoms. The molecule has 9 heteroatoms. The number of aromatic nitrogens is 1. The summed E-state index contributed by atoms with van der Waals surface area (Å²) in [5.41, 5.74) is 2.05. The number of nitrogens with one attached hydrogen (secondary N) is 1. The Hall–Kier alpha value is -2.78. The Morgan fingerprint density at radius 2 is 2.04 bits per heavy atom. The van der Waals surface area contributed by atoms with Crippen LogP contribution in [0.4, 0.5) is 5.13 Å². The fourth-order valence-electron chi connectivity index (χ4n) is 2.87. The number of amidine groups is 1. The molecule has 0 bridgehead atoms. The number of nitrogens with zero attached hydrogens (tertiary/aromatic N) is 3. The average Bonchev–Trinajstić information content (AvgIpc) is 3.01. The molecule has 27 heavy (non-hydrogen) atoms. The van der Waals surface area contributed by atoms with Gasteiger partial charge >= 0.3 is 0 Å². The van der Waals surface area contributed by atoms with Gasteiger partial charge in [0, 0.05) is 12.7 Å². The number of amides is 1. The van der Waals surface area contributed by atoms with Crippen molar-refractivity contribution in [3.05, 3.63) is 60.0 Å². The third kappa shape index (κ3) is 3.56.